The number of nitrogens with zero attached hydrogens (tertiary/aromatic N) is 1. The van der Waals surface area contributed by atoms with Gasteiger partial charge in [0.2, 0.25) is 0 Å². The molecular formula is C17H16N2O. The highest BCUT2D eigenvalue weighted by Crippen LogP contribution is 2.29. The molecule has 20 heavy (non-hydrogen) atoms. The Hall–Kier alpha value is -2.31. The average molecular weight is 264 g/mol. The monoisotopic (exact) mass is 264 g/mol. The molecule has 0 amide bonds. The van der Waals surface area contributed by atoms with E-state index in [0.29, 0.717) is 24.1 Å². The second-order valence-corrected chi connectivity index (χ2v) is 5.19. The molecule has 1 saturated carbocycles. The normalized spacial score (nSPS) is 20.2. The van der Waals surface area contributed by atoms with Crippen LogP contribution in [0.25, 0.3) is 11.1 Å². The van der Waals surface area contributed by atoms with Gasteiger partial charge in [0.1, 0.15) is 5.75 Å². The van der Waals surface area contributed by atoms with Gasteiger partial charge in [-0.15, -0.1) is 0 Å². The van der Waals surface area contributed by atoms with E-state index in [-0.39, 0.29) is 0 Å². The highest BCUT2D eigenvalue weighted by molar-refractivity contribution is 5.65. The molecule has 100 valence electrons. The third kappa shape index (κ3) is 2.81. The van der Waals surface area contributed by atoms with E-state index in [4.69, 9.17) is 15.7 Å². The molecule has 2 unspecified atom stereocenters. The van der Waals surface area contributed by atoms with E-state index in [1.807, 2.05) is 42.5 Å². The van der Waals surface area contributed by atoms with Gasteiger partial charge < -0.3 is 10.5 Å². The van der Waals surface area contributed by atoms with E-state index < -0.39 is 0 Å². The quantitative estimate of drug-likeness (QED) is 0.923. The molecule has 1 aliphatic rings. The van der Waals surface area contributed by atoms with Gasteiger partial charge in [-0.25, -0.2) is 0 Å². The average Bonchev–Trinajstić information content (AvgIpc) is 3.21. The van der Waals surface area contributed by atoms with Gasteiger partial charge >= 0.3 is 0 Å². The van der Waals surface area contributed by atoms with Crippen molar-refractivity contribution in [1.82, 2.24) is 0 Å². The molecule has 3 heteroatoms. The van der Waals surface area contributed by atoms with E-state index in [1.165, 1.54) is 0 Å². The maximum atomic E-state index is 8.92. The summed E-state index contributed by atoms with van der Waals surface area (Å²) in [6, 6.07) is 18.0. The third-order valence-corrected chi connectivity index (χ3v) is 3.62. The van der Waals surface area contributed by atoms with Crippen LogP contribution in [-0.4, -0.2) is 12.6 Å². The Labute approximate surface area is 118 Å². The van der Waals surface area contributed by atoms with Crippen LogP contribution in [0.4, 0.5) is 0 Å². The Balaban J connectivity index is 1.70. The zero-order chi connectivity index (χ0) is 13.9. The van der Waals surface area contributed by atoms with Crippen LogP contribution < -0.4 is 10.5 Å². The minimum Gasteiger partial charge on any atom is -0.493 e. The molecule has 2 aromatic rings. The van der Waals surface area contributed by atoms with Gasteiger partial charge in [-0.1, -0.05) is 24.3 Å². The largest absolute Gasteiger partial charge is 0.493 e. The molecule has 2 atom stereocenters. The first-order valence-electron chi connectivity index (χ1n) is 6.75. The molecule has 0 bridgehead atoms. The molecule has 1 fully saturated rings. The molecule has 0 saturated heterocycles. The lowest BCUT2D eigenvalue weighted by Gasteiger charge is -2.07. The zero-order valence-corrected chi connectivity index (χ0v) is 11.1. The molecule has 2 aromatic carbocycles. The lowest BCUT2D eigenvalue weighted by Crippen LogP contribution is -2.08. The van der Waals surface area contributed by atoms with Gasteiger partial charge in [0.15, 0.2) is 0 Å². The number of nitrogens with two attached hydrogens (primary N) is 1. The van der Waals surface area contributed by atoms with Crippen molar-refractivity contribution in [3.8, 4) is 22.9 Å². The Morgan fingerprint density at radius 1 is 1.15 bits per heavy atom. The number of rotatable bonds is 4. The lowest BCUT2D eigenvalue weighted by molar-refractivity contribution is 0.297. The van der Waals surface area contributed by atoms with E-state index in [1.54, 1.807) is 6.07 Å². The zero-order valence-electron chi connectivity index (χ0n) is 11.1. The highest BCUT2D eigenvalue weighted by atomic mass is 16.5. The Morgan fingerprint density at radius 2 is 1.90 bits per heavy atom. The predicted octanol–water partition coefficient (Wildman–Crippen LogP) is 2.95. The van der Waals surface area contributed by atoms with Crippen LogP contribution in [0, 0.1) is 17.2 Å². The van der Waals surface area contributed by atoms with Crippen molar-refractivity contribution in [3.05, 3.63) is 54.1 Å². The molecule has 0 spiro atoms. The first kappa shape index (κ1) is 12.7. The van der Waals surface area contributed by atoms with Crippen molar-refractivity contribution in [3.63, 3.8) is 0 Å². The maximum Gasteiger partial charge on any atom is 0.119 e. The van der Waals surface area contributed by atoms with Crippen molar-refractivity contribution >= 4 is 0 Å². The van der Waals surface area contributed by atoms with Crippen molar-refractivity contribution in [2.75, 3.05) is 6.61 Å². The van der Waals surface area contributed by atoms with Crippen LogP contribution in [0.15, 0.2) is 48.5 Å². The lowest BCUT2D eigenvalue weighted by atomic mass is 10.0. The van der Waals surface area contributed by atoms with Gasteiger partial charge in [-0.3, -0.25) is 0 Å². The third-order valence-electron chi connectivity index (χ3n) is 3.62. The Morgan fingerprint density at radius 3 is 2.55 bits per heavy atom. The summed E-state index contributed by atoms with van der Waals surface area (Å²) in [5.41, 5.74) is 8.55. The summed E-state index contributed by atoms with van der Waals surface area (Å²) >= 11 is 0. The minimum absolute atomic E-state index is 0.322. The number of ether oxygens (including phenoxy) is 1. The highest BCUT2D eigenvalue weighted by Gasteiger charge is 2.33. The summed E-state index contributed by atoms with van der Waals surface area (Å²) in [7, 11) is 0. The van der Waals surface area contributed by atoms with Crippen LogP contribution in [-0.2, 0) is 0 Å². The Kier molecular flexibility index (Phi) is 3.41. The summed E-state index contributed by atoms with van der Waals surface area (Å²) < 4.78 is 5.70. The van der Waals surface area contributed by atoms with Crippen molar-refractivity contribution in [1.29, 1.82) is 5.26 Å². The van der Waals surface area contributed by atoms with E-state index in [2.05, 4.69) is 6.07 Å². The minimum atomic E-state index is 0.322. The molecule has 0 aromatic heterocycles. The second-order valence-electron chi connectivity index (χ2n) is 5.19. The summed E-state index contributed by atoms with van der Waals surface area (Å²) in [6.07, 6.45) is 1.07. The topological polar surface area (TPSA) is 59.0 Å². The first-order valence-corrected chi connectivity index (χ1v) is 6.75. The van der Waals surface area contributed by atoms with Crippen molar-refractivity contribution in [2.24, 2.45) is 11.7 Å². The smallest absolute Gasteiger partial charge is 0.119 e. The van der Waals surface area contributed by atoms with E-state index in [9.17, 15) is 0 Å². The van der Waals surface area contributed by atoms with Crippen LogP contribution in [0.5, 0.6) is 5.75 Å². The van der Waals surface area contributed by atoms with Gasteiger partial charge in [0.25, 0.3) is 0 Å². The van der Waals surface area contributed by atoms with Crippen LogP contribution >= 0.6 is 0 Å². The molecule has 1 aliphatic carbocycles. The van der Waals surface area contributed by atoms with Gasteiger partial charge in [0.05, 0.1) is 18.2 Å². The summed E-state index contributed by atoms with van der Waals surface area (Å²) in [6.45, 7) is 0.699. The molecule has 3 rings (SSSR count). The maximum absolute atomic E-state index is 8.92. The van der Waals surface area contributed by atoms with Crippen LogP contribution in [0.1, 0.15) is 12.0 Å². The molecule has 0 heterocycles. The van der Waals surface area contributed by atoms with E-state index >= 15 is 0 Å². The van der Waals surface area contributed by atoms with Crippen molar-refractivity contribution in [2.45, 2.75) is 12.5 Å². The summed E-state index contributed by atoms with van der Waals surface area (Å²) in [4.78, 5) is 0. The fourth-order valence-electron chi connectivity index (χ4n) is 2.18. The van der Waals surface area contributed by atoms with Crippen molar-refractivity contribution < 1.29 is 4.74 Å². The van der Waals surface area contributed by atoms with Gasteiger partial charge in [-0.2, -0.15) is 5.26 Å². The number of nitriles is 1. The standard InChI is InChI=1S/C17H16N2O/c18-10-12-2-1-3-14(8-12)13-4-6-16(7-5-13)20-11-15-9-17(15)19/h1-8,15,17H,9,11,19H2. The number of hydrogen-bond acceptors (Lipinski definition) is 3. The molecule has 2 N–H and O–H groups in total. The fraction of sp³-hybridized carbons (Fsp3) is 0.235. The number of hydrogen-bond donors (Lipinski definition) is 1. The molecule has 0 radical (unpaired) electrons. The van der Waals surface area contributed by atoms with Crippen LogP contribution in [0.3, 0.4) is 0 Å². The molecule has 0 aliphatic heterocycles. The Bertz CT molecular complexity index is 643. The first-order chi connectivity index (χ1) is 9.76. The number of benzene rings is 2. The van der Waals surface area contributed by atoms with Crippen LogP contribution in [0.2, 0.25) is 0 Å². The molecule has 3 nitrogen and oxygen atoms in total. The SMILES string of the molecule is N#Cc1cccc(-c2ccc(OCC3CC3N)cc2)c1. The summed E-state index contributed by atoms with van der Waals surface area (Å²) in [5, 5.41) is 8.92. The van der Waals surface area contributed by atoms with Gasteiger partial charge in [0, 0.05) is 12.0 Å². The summed E-state index contributed by atoms with van der Waals surface area (Å²) in [5.74, 6) is 1.38. The molecular weight excluding hydrogens is 248 g/mol. The predicted molar refractivity (Wildman–Crippen MR) is 78.2 cm³/mol. The second kappa shape index (κ2) is 5.36. The van der Waals surface area contributed by atoms with E-state index in [0.717, 1.165) is 23.3 Å². The fourth-order valence-corrected chi connectivity index (χ4v) is 2.18. The van der Waals surface area contributed by atoms with Gasteiger partial charge in [-0.05, 0) is 41.8 Å².